The van der Waals surface area contributed by atoms with Crippen LogP contribution in [0.5, 0.6) is 5.75 Å². The van der Waals surface area contributed by atoms with Crippen LogP contribution in [0.2, 0.25) is 0 Å². The third-order valence-electron chi connectivity index (χ3n) is 8.00. The first kappa shape index (κ1) is 24.5. The van der Waals surface area contributed by atoms with Crippen molar-refractivity contribution in [2.75, 3.05) is 37.6 Å². The Morgan fingerprint density at radius 2 is 1.61 bits per heavy atom. The second-order valence-corrected chi connectivity index (χ2v) is 10.7. The molecule has 6 heteroatoms. The Balaban J connectivity index is 1.44. The van der Waals surface area contributed by atoms with Gasteiger partial charge in [-0.05, 0) is 79.0 Å². The average Bonchev–Trinajstić information content (AvgIpc) is 3.59. The number of hydrogen-bond donors (Lipinski definition) is 0. The molecule has 2 aliphatic rings. The highest BCUT2D eigenvalue weighted by Crippen LogP contribution is 2.55. The Labute approximate surface area is 226 Å². The van der Waals surface area contributed by atoms with Crippen molar-refractivity contribution in [1.82, 2.24) is 0 Å². The lowest BCUT2D eigenvalue weighted by molar-refractivity contribution is -0.142. The lowest BCUT2D eigenvalue weighted by Gasteiger charge is -2.33. The van der Waals surface area contributed by atoms with Gasteiger partial charge < -0.3 is 19.3 Å². The number of fused-ring (bicyclic) bond motifs is 2. The van der Waals surface area contributed by atoms with Crippen molar-refractivity contribution in [1.29, 1.82) is 0 Å². The molecule has 6 nitrogen and oxygen atoms in total. The fourth-order valence-corrected chi connectivity index (χ4v) is 5.79. The summed E-state index contributed by atoms with van der Waals surface area (Å²) in [4.78, 5) is 29.5. The number of carbonyl (C=O) groups excluding carboxylic acids is 2. The SMILES string of the molecule is [2H][C@H](c1ccc(-c2ccc(N(C)C)cc2)cc1)N(C(=O)C12CCC(CC1)C2)c1cccc(OCC(=O)OC)c1. The van der Waals surface area contributed by atoms with Gasteiger partial charge in [-0.25, -0.2) is 4.79 Å². The highest BCUT2D eigenvalue weighted by atomic mass is 16.6. The zero-order valence-corrected chi connectivity index (χ0v) is 22.4. The first-order valence-corrected chi connectivity index (χ1v) is 13.2. The highest BCUT2D eigenvalue weighted by molar-refractivity contribution is 5.98. The summed E-state index contributed by atoms with van der Waals surface area (Å²) in [5, 5.41) is 0. The first-order chi connectivity index (χ1) is 18.8. The maximum absolute atomic E-state index is 14.2. The van der Waals surface area contributed by atoms with Crippen LogP contribution < -0.4 is 14.5 Å². The molecule has 0 heterocycles. The Bertz CT molecular complexity index is 1310. The first-order valence-electron chi connectivity index (χ1n) is 13.8. The molecule has 0 spiro atoms. The van der Waals surface area contributed by atoms with Gasteiger partial charge in [0.2, 0.25) is 5.91 Å². The molecule has 198 valence electrons. The number of hydrogen-bond acceptors (Lipinski definition) is 5. The van der Waals surface area contributed by atoms with Gasteiger partial charge in [-0.3, -0.25) is 4.79 Å². The molecular formula is C32H36N2O4. The molecule has 1 atom stereocenters. The van der Waals surface area contributed by atoms with Crippen molar-refractivity contribution in [3.63, 3.8) is 0 Å². The zero-order chi connectivity index (χ0) is 27.6. The molecule has 2 saturated carbocycles. The molecule has 0 unspecified atom stereocenters. The van der Waals surface area contributed by atoms with Gasteiger partial charge in [-0.2, -0.15) is 0 Å². The second-order valence-electron chi connectivity index (χ2n) is 10.7. The van der Waals surface area contributed by atoms with Crippen LogP contribution in [0.1, 0.15) is 39.0 Å². The summed E-state index contributed by atoms with van der Waals surface area (Å²) in [6, 6.07) is 23.4. The Morgan fingerprint density at radius 1 is 0.947 bits per heavy atom. The van der Waals surface area contributed by atoms with Gasteiger partial charge >= 0.3 is 5.97 Å². The Kier molecular flexibility index (Phi) is 7.04. The summed E-state index contributed by atoms with van der Waals surface area (Å²) < 4.78 is 19.6. The third-order valence-corrected chi connectivity index (χ3v) is 8.00. The van der Waals surface area contributed by atoms with Crippen LogP contribution in [-0.2, 0) is 20.8 Å². The van der Waals surface area contributed by atoms with Crippen molar-refractivity contribution >= 4 is 23.3 Å². The number of carbonyl (C=O) groups is 2. The molecule has 2 aliphatic carbocycles. The molecule has 2 fully saturated rings. The van der Waals surface area contributed by atoms with E-state index in [2.05, 4.69) is 33.9 Å². The molecule has 0 aromatic heterocycles. The predicted octanol–water partition coefficient (Wildman–Crippen LogP) is 6.08. The van der Waals surface area contributed by atoms with E-state index in [-0.39, 0.29) is 12.5 Å². The van der Waals surface area contributed by atoms with Gasteiger partial charge in [0.1, 0.15) is 5.75 Å². The summed E-state index contributed by atoms with van der Waals surface area (Å²) in [6.45, 7) is -1.14. The standard InChI is InChI=1S/C32H36N2O4/c1-33(2)27-13-11-26(12-14-27)25-9-7-24(8-10-25)21-34(31(36)32-17-15-23(20-32)16-18-32)28-5-4-6-29(19-28)38-22-30(35)37-3/h4-14,19,23H,15-18,20-22H2,1-3H3/i21D/t21-,23?,32?/m1/s1. The van der Waals surface area contributed by atoms with Gasteiger partial charge in [0.25, 0.3) is 0 Å². The van der Waals surface area contributed by atoms with Gasteiger partial charge in [0.15, 0.2) is 6.61 Å². The predicted molar refractivity (Wildman–Crippen MR) is 150 cm³/mol. The monoisotopic (exact) mass is 513 g/mol. The van der Waals surface area contributed by atoms with Gasteiger partial charge in [-0.1, -0.05) is 42.5 Å². The van der Waals surface area contributed by atoms with Crippen molar-refractivity contribution in [3.8, 4) is 16.9 Å². The normalized spacial score (nSPS) is 20.9. The fourth-order valence-electron chi connectivity index (χ4n) is 5.79. The smallest absolute Gasteiger partial charge is 0.343 e. The minimum absolute atomic E-state index is 0.0102. The summed E-state index contributed by atoms with van der Waals surface area (Å²) in [7, 11) is 5.35. The maximum Gasteiger partial charge on any atom is 0.343 e. The summed E-state index contributed by atoms with van der Waals surface area (Å²) in [5.74, 6) is 0.585. The van der Waals surface area contributed by atoms with Crippen molar-refractivity contribution in [2.24, 2.45) is 11.3 Å². The molecule has 1 amide bonds. The summed E-state index contributed by atoms with van der Waals surface area (Å²) in [6.07, 6.45) is 4.80. The van der Waals surface area contributed by atoms with Gasteiger partial charge in [-0.15, -0.1) is 0 Å². The van der Waals surface area contributed by atoms with E-state index in [0.717, 1.165) is 54.5 Å². The van der Waals surface area contributed by atoms with E-state index in [1.54, 1.807) is 23.1 Å². The molecule has 2 bridgehead atoms. The quantitative estimate of drug-likeness (QED) is 0.324. The maximum atomic E-state index is 14.2. The van der Waals surface area contributed by atoms with Crippen molar-refractivity contribution in [3.05, 3.63) is 78.4 Å². The zero-order valence-electron chi connectivity index (χ0n) is 23.4. The van der Waals surface area contributed by atoms with E-state index < -0.39 is 17.9 Å². The molecular weight excluding hydrogens is 476 g/mol. The van der Waals surface area contributed by atoms with Crippen LogP contribution >= 0.6 is 0 Å². The van der Waals surface area contributed by atoms with Crippen LogP contribution in [0.4, 0.5) is 11.4 Å². The molecule has 38 heavy (non-hydrogen) atoms. The van der Waals surface area contributed by atoms with E-state index in [4.69, 9.17) is 4.74 Å². The van der Waals surface area contributed by atoms with Crippen LogP contribution in [0, 0.1) is 11.3 Å². The summed E-state index contributed by atoms with van der Waals surface area (Å²) in [5.41, 5.74) is 4.21. The second kappa shape index (κ2) is 10.9. The molecule has 3 aromatic carbocycles. The van der Waals surface area contributed by atoms with Crippen molar-refractivity contribution < 1.29 is 20.4 Å². The number of rotatable bonds is 9. The van der Waals surface area contributed by atoms with E-state index in [1.165, 1.54) is 7.11 Å². The van der Waals surface area contributed by atoms with E-state index in [1.807, 2.05) is 44.4 Å². The molecule has 5 rings (SSSR count). The highest BCUT2D eigenvalue weighted by Gasteiger charge is 2.51. The number of ether oxygens (including phenoxy) is 2. The van der Waals surface area contributed by atoms with Crippen LogP contribution in [-0.4, -0.2) is 39.7 Å². The minimum Gasteiger partial charge on any atom is -0.482 e. The topological polar surface area (TPSA) is 59.1 Å². The molecule has 0 N–H and O–H groups in total. The van der Waals surface area contributed by atoms with Crippen LogP contribution in [0.25, 0.3) is 11.1 Å². The Hall–Kier alpha value is -3.80. The molecule has 0 saturated heterocycles. The lowest BCUT2D eigenvalue weighted by atomic mass is 9.82. The number of nitrogens with zero attached hydrogens (tertiary/aromatic N) is 2. The van der Waals surface area contributed by atoms with Gasteiger partial charge in [0, 0.05) is 31.5 Å². The number of anilines is 2. The largest absolute Gasteiger partial charge is 0.482 e. The minimum atomic E-state index is -0.924. The van der Waals surface area contributed by atoms with Crippen LogP contribution in [0.15, 0.2) is 72.8 Å². The fraction of sp³-hybridized carbons (Fsp3) is 0.375. The molecule has 3 aromatic rings. The van der Waals surface area contributed by atoms with Crippen LogP contribution in [0.3, 0.4) is 0 Å². The Morgan fingerprint density at radius 3 is 2.18 bits per heavy atom. The molecule has 0 aliphatic heterocycles. The lowest BCUT2D eigenvalue weighted by Crippen LogP contribution is -2.41. The number of benzene rings is 3. The number of esters is 1. The van der Waals surface area contributed by atoms with E-state index >= 15 is 0 Å². The van der Waals surface area contributed by atoms with Gasteiger partial charge in [0.05, 0.1) is 20.4 Å². The summed E-state index contributed by atoms with van der Waals surface area (Å²) >= 11 is 0. The average molecular weight is 514 g/mol. The van der Waals surface area contributed by atoms with Crippen molar-refractivity contribution in [2.45, 2.75) is 38.6 Å². The molecule has 0 radical (unpaired) electrons. The van der Waals surface area contributed by atoms with E-state index in [9.17, 15) is 11.0 Å². The number of amides is 1. The number of methoxy groups -OCH3 is 1. The van der Waals surface area contributed by atoms with E-state index in [0.29, 0.717) is 17.4 Å². The third kappa shape index (κ3) is 5.40.